The van der Waals surface area contributed by atoms with Gasteiger partial charge in [-0.2, -0.15) is 0 Å². The largest absolute Gasteiger partial charge is 0.481 e. The van der Waals surface area contributed by atoms with E-state index in [1.165, 1.54) is 12.8 Å². The van der Waals surface area contributed by atoms with Crippen molar-refractivity contribution in [1.29, 1.82) is 0 Å². The van der Waals surface area contributed by atoms with Gasteiger partial charge in [0.2, 0.25) is 5.91 Å². The maximum atomic E-state index is 11.3. The lowest BCUT2D eigenvalue weighted by molar-refractivity contribution is -0.141. The van der Waals surface area contributed by atoms with E-state index in [1.807, 2.05) is 0 Å². The van der Waals surface area contributed by atoms with Gasteiger partial charge in [0, 0.05) is 6.54 Å². The first-order valence-electron chi connectivity index (χ1n) is 5.70. The van der Waals surface area contributed by atoms with E-state index in [0.717, 1.165) is 12.8 Å². The van der Waals surface area contributed by atoms with Gasteiger partial charge in [0.1, 0.15) is 6.61 Å². The summed E-state index contributed by atoms with van der Waals surface area (Å²) in [7, 11) is 0. The van der Waals surface area contributed by atoms with Gasteiger partial charge >= 0.3 is 5.97 Å². The summed E-state index contributed by atoms with van der Waals surface area (Å²) in [5, 5.41) is 11.2. The smallest absolute Gasteiger partial charge is 0.308 e. The molecule has 1 atom stereocenters. The molecule has 0 aliphatic heterocycles. The predicted octanol–water partition coefficient (Wildman–Crippen LogP) is 0.782. The minimum Gasteiger partial charge on any atom is -0.481 e. The molecule has 1 rings (SSSR count). The highest BCUT2D eigenvalue weighted by molar-refractivity contribution is 5.78. The number of amides is 1. The van der Waals surface area contributed by atoms with Gasteiger partial charge in [-0.25, -0.2) is 0 Å². The van der Waals surface area contributed by atoms with Crippen molar-refractivity contribution < 1.29 is 19.4 Å². The second kappa shape index (κ2) is 6.48. The number of hydrogen-bond acceptors (Lipinski definition) is 3. The molecule has 92 valence electrons. The number of rotatable bonds is 6. The Hall–Kier alpha value is -1.10. The number of ether oxygens (including phenoxy) is 1. The van der Waals surface area contributed by atoms with Gasteiger partial charge in [-0.05, 0) is 12.8 Å². The van der Waals surface area contributed by atoms with E-state index in [1.54, 1.807) is 6.92 Å². The summed E-state index contributed by atoms with van der Waals surface area (Å²) in [6, 6.07) is 0. The monoisotopic (exact) mass is 229 g/mol. The Morgan fingerprint density at radius 1 is 1.44 bits per heavy atom. The topological polar surface area (TPSA) is 75.6 Å². The third-order valence-electron chi connectivity index (χ3n) is 2.78. The molecule has 5 nitrogen and oxygen atoms in total. The molecule has 5 heteroatoms. The first-order chi connectivity index (χ1) is 7.59. The first kappa shape index (κ1) is 13.0. The van der Waals surface area contributed by atoms with Crippen molar-refractivity contribution >= 4 is 11.9 Å². The minimum atomic E-state index is -0.906. The molecule has 1 saturated carbocycles. The summed E-state index contributed by atoms with van der Waals surface area (Å²) in [6.45, 7) is 1.75. The van der Waals surface area contributed by atoms with E-state index in [2.05, 4.69) is 5.32 Å². The Labute approximate surface area is 95.2 Å². The molecule has 1 fully saturated rings. The highest BCUT2D eigenvalue weighted by atomic mass is 16.5. The van der Waals surface area contributed by atoms with Crippen LogP contribution in [0.3, 0.4) is 0 Å². The van der Waals surface area contributed by atoms with E-state index in [9.17, 15) is 9.59 Å². The van der Waals surface area contributed by atoms with Gasteiger partial charge in [0.15, 0.2) is 0 Å². The molecule has 2 N–H and O–H groups in total. The molecule has 16 heavy (non-hydrogen) atoms. The molecule has 0 radical (unpaired) electrons. The zero-order valence-corrected chi connectivity index (χ0v) is 9.57. The SMILES string of the molecule is CC(CNC(=O)COC1CCCC1)C(=O)O. The van der Waals surface area contributed by atoms with Gasteiger partial charge in [-0.1, -0.05) is 19.8 Å². The van der Waals surface area contributed by atoms with Crippen LogP contribution in [-0.2, 0) is 14.3 Å². The highest BCUT2D eigenvalue weighted by Crippen LogP contribution is 2.20. The van der Waals surface area contributed by atoms with Gasteiger partial charge in [0.05, 0.1) is 12.0 Å². The van der Waals surface area contributed by atoms with Crippen LogP contribution in [0.25, 0.3) is 0 Å². The van der Waals surface area contributed by atoms with Crippen LogP contribution in [0.15, 0.2) is 0 Å². The normalized spacial score (nSPS) is 18.3. The highest BCUT2D eigenvalue weighted by Gasteiger charge is 2.17. The van der Waals surface area contributed by atoms with Crippen LogP contribution in [0, 0.1) is 5.92 Å². The standard InChI is InChI=1S/C11H19NO4/c1-8(11(14)15)6-12-10(13)7-16-9-4-2-3-5-9/h8-9H,2-7H2,1H3,(H,12,13)(H,14,15). The molecule has 0 heterocycles. The predicted molar refractivity (Wildman–Crippen MR) is 58.0 cm³/mol. The molecule has 0 bridgehead atoms. The summed E-state index contributed by atoms with van der Waals surface area (Å²) in [6.07, 6.45) is 4.60. The van der Waals surface area contributed by atoms with Crippen LogP contribution in [0.5, 0.6) is 0 Å². The van der Waals surface area contributed by atoms with E-state index in [4.69, 9.17) is 9.84 Å². The maximum Gasteiger partial charge on any atom is 0.308 e. The van der Waals surface area contributed by atoms with Crippen LogP contribution >= 0.6 is 0 Å². The molecule has 0 spiro atoms. The molecule has 1 amide bonds. The fraction of sp³-hybridized carbons (Fsp3) is 0.818. The van der Waals surface area contributed by atoms with Crippen molar-refractivity contribution in [2.24, 2.45) is 5.92 Å². The summed E-state index contributed by atoms with van der Waals surface area (Å²) in [5.41, 5.74) is 0. The molecule has 1 aliphatic carbocycles. The summed E-state index contributed by atoms with van der Waals surface area (Å²) in [5.74, 6) is -1.70. The van der Waals surface area contributed by atoms with Crippen LogP contribution < -0.4 is 5.32 Å². The lowest BCUT2D eigenvalue weighted by atomic mass is 10.2. The number of nitrogens with one attached hydrogen (secondary N) is 1. The van der Waals surface area contributed by atoms with Crippen LogP contribution in [0.2, 0.25) is 0 Å². The fourth-order valence-electron chi connectivity index (χ4n) is 1.65. The quantitative estimate of drug-likeness (QED) is 0.705. The van der Waals surface area contributed by atoms with Crippen molar-refractivity contribution in [3.8, 4) is 0 Å². The molecule has 1 aliphatic rings. The van der Waals surface area contributed by atoms with Crippen molar-refractivity contribution in [1.82, 2.24) is 5.32 Å². The van der Waals surface area contributed by atoms with Gasteiger partial charge in [0.25, 0.3) is 0 Å². The van der Waals surface area contributed by atoms with Crippen molar-refractivity contribution in [2.75, 3.05) is 13.2 Å². The molecular formula is C11H19NO4. The van der Waals surface area contributed by atoms with Gasteiger partial charge in [-0.3, -0.25) is 9.59 Å². The number of aliphatic carboxylic acids is 1. The van der Waals surface area contributed by atoms with Gasteiger partial charge < -0.3 is 15.2 Å². The van der Waals surface area contributed by atoms with Crippen molar-refractivity contribution in [3.05, 3.63) is 0 Å². The molecule has 1 unspecified atom stereocenters. The Morgan fingerprint density at radius 2 is 2.06 bits per heavy atom. The average molecular weight is 229 g/mol. The molecule has 0 aromatic heterocycles. The average Bonchev–Trinajstić information content (AvgIpc) is 2.75. The first-order valence-corrected chi connectivity index (χ1v) is 5.70. The lowest BCUT2D eigenvalue weighted by Crippen LogP contribution is -2.34. The maximum absolute atomic E-state index is 11.3. The number of hydrogen-bond donors (Lipinski definition) is 2. The summed E-state index contributed by atoms with van der Waals surface area (Å²) in [4.78, 5) is 21.8. The van der Waals surface area contributed by atoms with Crippen molar-refractivity contribution in [3.63, 3.8) is 0 Å². The number of carbonyl (C=O) groups is 2. The number of carbonyl (C=O) groups excluding carboxylic acids is 1. The van der Waals surface area contributed by atoms with E-state index >= 15 is 0 Å². The molecule has 0 aromatic carbocycles. The van der Waals surface area contributed by atoms with Crippen molar-refractivity contribution in [2.45, 2.75) is 38.7 Å². The van der Waals surface area contributed by atoms with Gasteiger partial charge in [-0.15, -0.1) is 0 Å². The minimum absolute atomic E-state index is 0.0387. The lowest BCUT2D eigenvalue weighted by Gasteiger charge is -2.12. The molecule has 0 saturated heterocycles. The van der Waals surface area contributed by atoms with E-state index in [-0.39, 0.29) is 25.2 Å². The molecule has 0 aromatic rings. The Morgan fingerprint density at radius 3 is 2.62 bits per heavy atom. The fourth-order valence-corrected chi connectivity index (χ4v) is 1.65. The Kier molecular flexibility index (Phi) is 5.25. The third-order valence-corrected chi connectivity index (χ3v) is 2.78. The van der Waals surface area contributed by atoms with E-state index < -0.39 is 11.9 Å². The molecular weight excluding hydrogens is 210 g/mol. The zero-order valence-electron chi connectivity index (χ0n) is 9.57. The van der Waals surface area contributed by atoms with Crippen LogP contribution in [0.1, 0.15) is 32.6 Å². The second-order valence-electron chi connectivity index (χ2n) is 4.26. The second-order valence-corrected chi connectivity index (χ2v) is 4.26. The third kappa shape index (κ3) is 4.61. The number of carboxylic acids is 1. The summed E-state index contributed by atoms with van der Waals surface area (Å²) < 4.78 is 5.40. The Bertz CT molecular complexity index is 248. The Balaban J connectivity index is 2.08. The van der Waals surface area contributed by atoms with Crippen LogP contribution in [-0.4, -0.2) is 36.2 Å². The van der Waals surface area contributed by atoms with E-state index in [0.29, 0.717) is 0 Å². The number of carboxylic acid groups (broad SMARTS) is 1. The zero-order chi connectivity index (χ0) is 12.0. The van der Waals surface area contributed by atoms with Crippen LogP contribution in [0.4, 0.5) is 0 Å². The summed E-state index contributed by atoms with van der Waals surface area (Å²) >= 11 is 0.